The molecule has 132 valence electrons. The number of carbonyl (C=O) groups is 2. The molecule has 0 saturated carbocycles. The Hall–Kier alpha value is -1.88. The molecule has 0 radical (unpaired) electrons. The van der Waals surface area contributed by atoms with Gasteiger partial charge in [-0.1, -0.05) is 0 Å². The van der Waals surface area contributed by atoms with Crippen molar-refractivity contribution in [2.24, 2.45) is 0 Å². The molecule has 1 aromatic rings. The van der Waals surface area contributed by atoms with E-state index >= 15 is 0 Å². The van der Waals surface area contributed by atoms with Crippen molar-refractivity contribution in [1.82, 2.24) is 10.2 Å². The number of rotatable bonds is 4. The van der Waals surface area contributed by atoms with E-state index in [-0.39, 0.29) is 23.3 Å². The molecule has 0 aliphatic carbocycles. The third-order valence-electron chi connectivity index (χ3n) is 4.38. The summed E-state index contributed by atoms with van der Waals surface area (Å²) in [7, 11) is 0. The number of piperazine rings is 1. The first-order valence-corrected chi connectivity index (χ1v) is 8.59. The van der Waals surface area contributed by atoms with Gasteiger partial charge in [-0.3, -0.25) is 14.5 Å². The van der Waals surface area contributed by atoms with E-state index in [1.165, 1.54) is 0 Å². The summed E-state index contributed by atoms with van der Waals surface area (Å²) in [5.41, 5.74) is 1.67. The van der Waals surface area contributed by atoms with Gasteiger partial charge in [-0.2, -0.15) is 0 Å². The van der Waals surface area contributed by atoms with Gasteiger partial charge in [0.2, 0.25) is 5.91 Å². The minimum Gasteiger partial charge on any atom is -0.369 e. The fraction of sp³-hybridized carbons (Fsp3) is 0.579. The Kier molecular flexibility index (Phi) is 5.65. The SMILES string of the molecule is CC(=O)c1ccc(N2CCN([C@@H](C)C(=O)NC(C)(C)C)CC2)cc1. The lowest BCUT2D eigenvalue weighted by Gasteiger charge is -2.39. The summed E-state index contributed by atoms with van der Waals surface area (Å²) in [6, 6.07) is 7.64. The number of carbonyl (C=O) groups excluding carboxylic acids is 2. The molecule has 0 spiro atoms. The Morgan fingerprint density at radius 1 is 1.04 bits per heavy atom. The average Bonchev–Trinajstić information content (AvgIpc) is 2.53. The molecule has 2 rings (SSSR count). The van der Waals surface area contributed by atoms with Crippen molar-refractivity contribution in [3.63, 3.8) is 0 Å². The molecule has 24 heavy (non-hydrogen) atoms. The van der Waals surface area contributed by atoms with E-state index in [2.05, 4.69) is 15.1 Å². The van der Waals surface area contributed by atoms with Gasteiger partial charge in [-0.15, -0.1) is 0 Å². The maximum Gasteiger partial charge on any atom is 0.237 e. The van der Waals surface area contributed by atoms with Crippen molar-refractivity contribution < 1.29 is 9.59 Å². The second-order valence-corrected chi connectivity index (χ2v) is 7.54. The predicted molar refractivity (Wildman–Crippen MR) is 97.6 cm³/mol. The van der Waals surface area contributed by atoms with Crippen molar-refractivity contribution in [3.8, 4) is 0 Å². The monoisotopic (exact) mass is 331 g/mol. The van der Waals surface area contributed by atoms with Crippen LogP contribution in [-0.4, -0.2) is 54.4 Å². The van der Waals surface area contributed by atoms with E-state index in [4.69, 9.17) is 0 Å². The zero-order valence-corrected chi connectivity index (χ0v) is 15.4. The summed E-state index contributed by atoms with van der Waals surface area (Å²) in [6.45, 7) is 13.0. The molecule has 1 atom stereocenters. The number of ketones is 1. The van der Waals surface area contributed by atoms with E-state index in [0.29, 0.717) is 0 Å². The second-order valence-electron chi connectivity index (χ2n) is 7.54. The van der Waals surface area contributed by atoms with E-state index in [1.54, 1.807) is 6.92 Å². The molecule has 1 saturated heterocycles. The number of Topliss-reactive ketones (excluding diaryl/α,β-unsaturated/α-hetero) is 1. The summed E-state index contributed by atoms with van der Waals surface area (Å²) in [4.78, 5) is 28.2. The molecule has 1 aliphatic rings. The van der Waals surface area contributed by atoms with Crippen LogP contribution >= 0.6 is 0 Å². The normalized spacial score (nSPS) is 17.5. The molecule has 1 N–H and O–H groups in total. The van der Waals surface area contributed by atoms with Gasteiger partial charge < -0.3 is 10.2 Å². The Morgan fingerprint density at radius 2 is 1.58 bits per heavy atom. The highest BCUT2D eigenvalue weighted by Crippen LogP contribution is 2.18. The molecular formula is C19H29N3O2. The molecule has 5 nitrogen and oxygen atoms in total. The minimum absolute atomic E-state index is 0.0850. The van der Waals surface area contributed by atoms with Gasteiger partial charge in [0, 0.05) is 43.0 Å². The van der Waals surface area contributed by atoms with Gasteiger partial charge >= 0.3 is 0 Å². The molecule has 0 aromatic heterocycles. The zero-order chi connectivity index (χ0) is 17.9. The van der Waals surface area contributed by atoms with Gasteiger partial charge in [0.15, 0.2) is 5.78 Å². The Balaban J connectivity index is 1.91. The Bertz CT molecular complexity index is 582. The van der Waals surface area contributed by atoms with Crippen molar-refractivity contribution in [1.29, 1.82) is 0 Å². The zero-order valence-electron chi connectivity index (χ0n) is 15.4. The van der Waals surface area contributed by atoms with Crippen LogP contribution in [0.2, 0.25) is 0 Å². The number of hydrogen-bond donors (Lipinski definition) is 1. The first-order valence-electron chi connectivity index (χ1n) is 8.59. The van der Waals surface area contributed by atoms with Crippen LogP contribution in [0.3, 0.4) is 0 Å². The van der Waals surface area contributed by atoms with Gasteiger partial charge in [-0.25, -0.2) is 0 Å². The van der Waals surface area contributed by atoms with E-state index in [9.17, 15) is 9.59 Å². The minimum atomic E-state index is -0.203. The maximum absolute atomic E-state index is 12.3. The van der Waals surface area contributed by atoms with Gasteiger partial charge in [0.25, 0.3) is 0 Å². The van der Waals surface area contributed by atoms with Crippen LogP contribution in [0.25, 0.3) is 0 Å². The largest absolute Gasteiger partial charge is 0.369 e. The lowest BCUT2D eigenvalue weighted by Crippen LogP contribution is -2.56. The summed E-state index contributed by atoms with van der Waals surface area (Å²) >= 11 is 0. The number of benzene rings is 1. The topological polar surface area (TPSA) is 52.7 Å². The van der Waals surface area contributed by atoms with Crippen LogP contribution in [-0.2, 0) is 4.79 Å². The molecule has 1 fully saturated rings. The second kappa shape index (κ2) is 7.34. The fourth-order valence-electron chi connectivity index (χ4n) is 2.91. The van der Waals surface area contributed by atoms with Crippen LogP contribution in [0.1, 0.15) is 45.0 Å². The highest BCUT2D eigenvalue weighted by molar-refractivity contribution is 5.94. The van der Waals surface area contributed by atoms with E-state index in [1.807, 2.05) is 52.0 Å². The summed E-state index contributed by atoms with van der Waals surface area (Å²) in [5, 5.41) is 3.05. The molecule has 5 heteroatoms. The van der Waals surface area contributed by atoms with Crippen LogP contribution < -0.4 is 10.2 Å². The summed E-state index contributed by atoms with van der Waals surface area (Å²) < 4.78 is 0. The van der Waals surface area contributed by atoms with Crippen molar-refractivity contribution >= 4 is 17.4 Å². The van der Waals surface area contributed by atoms with Gasteiger partial charge in [0.1, 0.15) is 0 Å². The molecular weight excluding hydrogens is 302 g/mol. The quantitative estimate of drug-likeness (QED) is 0.860. The van der Waals surface area contributed by atoms with Crippen LogP contribution in [0.5, 0.6) is 0 Å². The molecule has 1 aliphatic heterocycles. The van der Waals surface area contributed by atoms with Crippen LogP contribution in [0, 0.1) is 0 Å². The van der Waals surface area contributed by atoms with Gasteiger partial charge in [0.05, 0.1) is 6.04 Å². The summed E-state index contributed by atoms with van der Waals surface area (Å²) in [6.07, 6.45) is 0. The van der Waals surface area contributed by atoms with Crippen LogP contribution in [0.4, 0.5) is 5.69 Å². The molecule has 1 aromatic carbocycles. The summed E-state index contributed by atoms with van der Waals surface area (Å²) in [5.74, 6) is 0.173. The maximum atomic E-state index is 12.3. The lowest BCUT2D eigenvalue weighted by molar-refractivity contribution is -0.127. The number of nitrogens with zero attached hydrogens (tertiary/aromatic N) is 2. The van der Waals surface area contributed by atoms with Crippen LogP contribution in [0.15, 0.2) is 24.3 Å². The van der Waals surface area contributed by atoms with Crippen molar-refractivity contribution in [3.05, 3.63) is 29.8 Å². The fourth-order valence-corrected chi connectivity index (χ4v) is 2.91. The van der Waals surface area contributed by atoms with E-state index in [0.717, 1.165) is 37.4 Å². The molecule has 0 unspecified atom stereocenters. The molecule has 0 bridgehead atoms. The standard InChI is InChI=1S/C19H29N3O2/c1-14(18(24)20-19(3,4)5)21-10-12-22(13-11-21)17-8-6-16(7-9-17)15(2)23/h6-9,14H,10-13H2,1-5H3,(H,20,24)/t14-/m0/s1. The van der Waals surface area contributed by atoms with Gasteiger partial charge in [-0.05, 0) is 58.9 Å². The Morgan fingerprint density at radius 3 is 2.04 bits per heavy atom. The first-order chi connectivity index (χ1) is 11.2. The smallest absolute Gasteiger partial charge is 0.237 e. The number of anilines is 1. The average molecular weight is 331 g/mol. The number of amides is 1. The highest BCUT2D eigenvalue weighted by Gasteiger charge is 2.27. The van der Waals surface area contributed by atoms with E-state index < -0.39 is 0 Å². The number of hydrogen-bond acceptors (Lipinski definition) is 4. The molecule has 1 amide bonds. The molecule has 1 heterocycles. The third-order valence-corrected chi connectivity index (χ3v) is 4.38. The lowest BCUT2D eigenvalue weighted by atomic mass is 10.1. The highest BCUT2D eigenvalue weighted by atomic mass is 16.2. The predicted octanol–water partition coefficient (Wildman–Crippen LogP) is 2.31. The van der Waals surface area contributed by atoms with Crippen molar-refractivity contribution in [2.45, 2.75) is 46.2 Å². The first kappa shape index (κ1) is 18.5. The number of nitrogens with one attached hydrogen (secondary N) is 1. The Labute approximate surface area is 145 Å². The third kappa shape index (κ3) is 4.81. The van der Waals surface area contributed by atoms with Crippen molar-refractivity contribution in [2.75, 3.05) is 31.1 Å².